The number of aromatic nitrogens is 3. The van der Waals surface area contributed by atoms with Gasteiger partial charge in [-0.15, -0.1) is 5.10 Å². The molecule has 1 N–H and O–H groups in total. The van der Waals surface area contributed by atoms with Crippen molar-refractivity contribution in [2.75, 3.05) is 0 Å². The zero-order valence-corrected chi connectivity index (χ0v) is 12.7. The Kier molecular flexibility index (Phi) is 3.87. The standard InChI is InChI=1S/C10H8Br2ClN3O/c1-16-8(10(12)14-15-16)9(17)6-3-2-5(11)4-7(6)13/h2-4,9,17H,1H3. The molecule has 2 rings (SSSR count). The van der Waals surface area contributed by atoms with Crippen LogP contribution < -0.4 is 0 Å². The van der Waals surface area contributed by atoms with Crippen molar-refractivity contribution in [1.82, 2.24) is 15.0 Å². The maximum atomic E-state index is 10.3. The number of nitrogens with zero attached hydrogens (tertiary/aromatic N) is 3. The lowest BCUT2D eigenvalue weighted by Crippen LogP contribution is -2.07. The minimum Gasteiger partial charge on any atom is -0.382 e. The van der Waals surface area contributed by atoms with Gasteiger partial charge in [0.1, 0.15) is 11.8 Å². The van der Waals surface area contributed by atoms with Crippen molar-refractivity contribution in [3.63, 3.8) is 0 Å². The Labute approximate surface area is 120 Å². The Morgan fingerprint density at radius 1 is 1.41 bits per heavy atom. The second kappa shape index (κ2) is 5.06. The molecule has 1 unspecified atom stereocenters. The fourth-order valence-corrected chi connectivity index (χ4v) is 2.82. The third kappa shape index (κ3) is 2.54. The van der Waals surface area contributed by atoms with Gasteiger partial charge in [0, 0.05) is 22.1 Å². The molecule has 1 aromatic heterocycles. The van der Waals surface area contributed by atoms with Crippen molar-refractivity contribution in [3.05, 3.63) is 43.6 Å². The fraction of sp³-hybridized carbons (Fsp3) is 0.200. The lowest BCUT2D eigenvalue weighted by atomic mass is 10.1. The van der Waals surface area contributed by atoms with Gasteiger partial charge in [0.15, 0.2) is 4.60 Å². The molecular weight excluding hydrogens is 373 g/mol. The Bertz CT molecular complexity index is 539. The van der Waals surface area contributed by atoms with E-state index < -0.39 is 6.10 Å². The second-order valence-corrected chi connectivity index (χ2v) is 5.53. The Balaban J connectivity index is 2.47. The van der Waals surface area contributed by atoms with E-state index in [1.54, 1.807) is 19.2 Å². The van der Waals surface area contributed by atoms with Crippen molar-refractivity contribution >= 4 is 43.5 Å². The first kappa shape index (κ1) is 13.0. The maximum absolute atomic E-state index is 10.3. The summed E-state index contributed by atoms with van der Waals surface area (Å²) in [6.07, 6.45) is -0.870. The third-order valence-corrected chi connectivity index (χ3v) is 3.73. The molecule has 0 aliphatic carbocycles. The Morgan fingerprint density at radius 2 is 2.12 bits per heavy atom. The number of halogens is 3. The lowest BCUT2D eigenvalue weighted by Gasteiger charge is -2.13. The minimum absolute atomic E-state index is 0.486. The van der Waals surface area contributed by atoms with Crippen LogP contribution in [-0.2, 0) is 7.05 Å². The Hall–Kier alpha value is -0.430. The van der Waals surface area contributed by atoms with Gasteiger partial charge in [-0.2, -0.15) is 0 Å². The smallest absolute Gasteiger partial charge is 0.154 e. The zero-order chi connectivity index (χ0) is 12.6. The highest BCUT2D eigenvalue weighted by atomic mass is 79.9. The van der Waals surface area contributed by atoms with Gasteiger partial charge in [-0.3, -0.25) is 0 Å². The van der Waals surface area contributed by atoms with Crippen molar-refractivity contribution in [2.24, 2.45) is 7.05 Å². The molecule has 0 aliphatic rings. The van der Waals surface area contributed by atoms with Crippen molar-refractivity contribution in [1.29, 1.82) is 0 Å². The molecular formula is C10H8Br2ClN3O. The largest absolute Gasteiger partial charge is 0.382 e. The van der Waals surface area contributed by atoms with Crippen LogP contribution in [0.2, 0.25) is 5.02 Å². The van der Waals surface area contributed by atoms with E-state index in [1.807, 2.05) is 6.07 Å². The summed E-state index contributed by atoms with van der Waals surface area (Å²) in [7, 11) is 1.71. The van der Waals surface area contributed by atoms with E-state index in [0.29, 0.717) is 20.9 Å². The van der Waals surface area contributed by atoms with Gasteiger partial charge >= 0.3 is 0 Å². The van der Waals surface area contributed by atoms with E-state index in [0.717, 1.165) is 4.47 Å². The van der Waals surface area contributed by atoms with Crippen LogP contribution in [0.5, 0.6) is 0 Å². The molecule has 0 aliphatic heterocycles. The fourth-order valence-electron chi connectivity index (χ4n) is 1.50. The number of hydrogen-bond acceptors (Lipinski definition) is 3. The second-order valence-electron chi connectivity index (χ2n) is 3.46. The molecule has 4 nitrogen and oxygen atoms in total. The molecule has 0 bridgehead atoms. The number of hydrogen-bond donors (Lipinski definition) is 1. The predicted octanol–water partition coefficient (Wildman–Crippen LogP) is 3.08. The summed E-state index contributed by atoms with van der Waals surface area (Å²) in [5.74, 6) is 0. The van der Waals surface area contributed by atoms with Crippen molar-refractivity contribution in [2.45, 2.75) is 6.10 Å². The summed E-state index contributed by atoms with van der Waals surface area (Å²) in [5, 5.41) is 18.4. The molecule has 1 aromatic carbocycles. The van der Waals surface area contributed by atoms with Crippen molar-refractivity contribution < 1.29 is 5.11 Å². The normalized spacial score (nSPS) is 12.8. The average molecular weight is 381 g/mol. The molecule has 0 radical (unpaired) electrons. The Morgan fingerprint density at radius 3 is 2.65 bits per heavy atom. The molecule has 2 aromatic rings. The molecule has 0 fully saturated rings. The van der Waals surface area contributed by atoms with Crippen LogP contribution >= 0.6 is 43.5 Å². The van der Waals surface area contributed by atoms with Crippen LogP contribution in [-0.4, -0.2) is 20.1 Å². The van der Waals surface area contributed by atoms with Crippen LogP contribution in [0.15, 0.2) is 27.3 Å². The van der Waals surface area contributed by atoms with Crippen LogP contribution in [0.4, 0.5) is 0 Å². The van der Waals surface area contributed by atoms with Gasteiger partial charge in [-0.1, -0.05) is 38.8 Å². The first-order chi connectivity index (χ1) is 8.00. The maximum Gasteiger partial charge on any atom is 0.154 e. The summed E-state index contributed by atoms with van der Waals surface area (Å²) in [6.45, 7) is 0. The third-order valence-electron chi connectivity index (χ3n) is 2.34. The molecule has 1 heterocycles. The molecule has 0 saturated heterocycles. The highest BCUT2D eigenvalue weighted by Crippen LogP contribution is 2.32. The molecule has 17 heavy (non-hydrogen) atoms. The van der Waals surface area contributed by atoms with E-state index in [9.17, 15) is 5.11 Å². The average Bonchev–Trinajstić information content (AvgIpc) is 2.58. The SMILES string of the molecule is Cn1nnc(Br)c1C(O)c1ccc(Br)cc1Cl. The molecule has 0 amide bonds. The number of benzene rings is 1. The van der Waals surface area contributed by atoms with E-state index in [4.69, 9.17) is 11.6 Å². The van der Waals surface area contributed by atoms with Gasteiger partial charge in [-0.25, -0.2) is 4.68 Å². The van der Waals surface area contributed by atoms with Gasteiger partial charge in [0.05, 0.1) is 0 Å². The van der Waals surface area contributed by atoms with E-state index in [-0.39, 0.29) is 0 Å². The van der Waals surface area contributed by atoms with Gasteiger partial charge in [-0.05, 0) is 28.1 Å². The summed E-state index contributed by atoms with van der Waals surface area (Å²) >= 11 is 12.7. The van der Waals surface area contributed by atoms with E-state index >= 15 is 0 Å². The number of aliphatic hydroxyl groups is 1. The topological polar surface area (TPSA) is 50.9 Å². The first-order valence-corrected chi connectivity index (χ1v) is 6.65. The van der Waals surface area contributed by atoms with Gasteiger partial charge in [0.25, 0.3) is 0 Å². The highest BCUT2D eigenvalue weighted by Gasteiger charge is 2.21. The predicted molar refractivity (Wildman–Crippen MR) is 71.9 cm³/mol. The number of rotatable bonds is 2. The quantitative estimate of drug-likeness (QED) is 0.870. The lowest BCUT2D eigenvalue weighted by molar-refractivity contribution is 0.209. The van der Waals surface area contributed by atoms with Crippen LogP contribution in [0.1, 0.15) is 17.4 Å². The van der Waals surface area contributed by atoms with Crippen LogP contribution in [0.3, 0.4) is 0 Å². The summed E-state index contributed by atoms with van der Waals surface area (Å²) < 4.78 is 2.87. The zero-order valence-electron chi connectivity index (χ0n) is 8.73. The highest BCUT2D eigenvalue weighted by molar-refractivity contribution is 9.10. The van der Waals surface area contributed by atoms with Gasteiger partial charge < -0.3 is 5.11 Å². The molecule has 0 spiro atoms. The summed E-state index contributed by atoms with van der Waals surface area (Å²) in [4.78, 5) is 0. The van der Waals surface area contributed by atoms with Crippen molar-refractivity contribution in [3.8, 4) is 0 Å². The monoisotopic (exact) mass is 379 g/mol. The first-order valence-electron chi connectivity index (χ1n) is 4.68. The summed E-state index contributed by atoms with van der Waals surface area (Å²) in [5.41, 5.74) is 1.18. The van der Waals surface area contributed by atoms with E-state index in [1.165, 1.54) is 4.68 Å². The van der Waals surface area contributed by atoms with E-state index in [2.05, 4.69) is 42.2 Å². The minimum atomic E-state index is -0.870. The number of aryl methyl sites for hydroxylation is 1. The molecule has 1 atom stereocenters. The molecule has 90 valence electrons. The summed E-state index contributed by atoms with van der Waals surface area (Å²) in [6, 6.07) is 5.32. The molecule has 7 heteroatoms. The number of aliphatic hydroxyl groups excluding tert-OH is 1. The molecule has 0 saturated carbocycles. The van der Waals surface area contributed by atoms with Crippen LogP contribution in [0.25, 0.3) is 0 Å². The van der Waals surface area contributed by atoms with Crippen LogP contribution in [0, 0.1) is 0 Å². The van der Waals surface area contributed by atoms with Gasteiger partial charge in [0.2, 0.25) is 0 Å².